The minimum absolute atomic E-state index is 0.0231. The molecule has 1 aliphatic rings. The molecule has 0 radical (unpaired) electrons. The van der Waals surface area contributed by atoms with Gasteiger partial charge in [0.1, 0.15) is 0 Å². The van der Waals surface area contributed by atoms with Crippen LogP contribution in [0, 0.1) is 17.2 Å². The highest BCUT2D eigenvalue weighted by Gasteiger charge is 2.12. The van der Waals surface area contributed by atoms with Gasteiger partial charge < -0.3 is 5.73 Å². The van der Waals surface area contributed by atoms with Crippen molar-refractivity contribution < 1.29 is 0 Å². The number of allylic oxidation sites excluding steroid dienone is 8. The fourth-order valence-electron chi connectivity index (χ4n) is 1.79. The van der Waals surface area contributed by atoms with Crippen molar-refractivity contribution in [1.29, 1.82) is 5.26 Å². The van der Waals surface area contributed by atoms with E-state index in [2.05, 4.69) is 31.2 Å². The highest BCUT2D eigenvalue weighted by atomic mass is 14.5. The number of nitrogens with two attached hydrogens (primary N) is 1. The first-order valence-corrected chi connectivity index (χ1v) is 5.59. The summed E-state index contributed by atoms with van der Waals surface area (Å²) in [7, 11) is 0. The Morgan fingerprint density at radius 1 is 1.62 bits per heavy atom. The molecular weight excluding hydrogens is 196 g/mol. The summed E-state index contributed by atoms with van der Waals surface area (Å²) in [6.45, 7) is 3.92. The van der Waals surface area contributed by atoms with E-state index in [1.54, 1.807) is 0 Å². The molecule has 1 aliphatic carbocycles. The second-order valence-corrected chi connectivity index (χ2v) is 3.91. The van der Waals surface area contributed by atoms with Crippen LogP contribution in [0.1, 0.15) is 26.7 Å². The largest absolute Gasteiger partial charge is 0.402 e. The minimum Gasteiger partial charge on any atom is -0.402 e. The van der Waals surface area contributed by atoms with Crippen molar-refractivity contribution in [2.45, 2.75) is 26.7 Å². The minimum atomic E-state index is 0.0231. The van der Waals surface area contributed by atoms with Crippen LogP contribution in [-0.2, 0) is 0 Å². The van der Waals surface area contributed by atoms with Gasteiger partial charge in [-0.25, -0.2) is 0 Å². The number of nitriles is 1. The Kier molecular flexibility index (Phi) is 4.60. The van der Waals surface area contributed by atoms with E-state index >= 15 is 0 Å². The SMILES string of the molecule is CCC1=C(\C#N)[C@@H](/C=C(\C)N)/C=C/C/C=C\1. The van der Waals surface area contributed by atoms with Gasteiger partial charge in [0.25, 0.3) is 0 Å². The monoisotopic (exact) mass is 214 g/mol. The fraction of sp³-hybridized carbons (Fsp3) is 0.357. The fourth-order valence-corrected chi connectivity index (χ4v) is 1.79. The van der Waals surface area contributed by atoms with E-state index in [-0.39, 0.29) is 5.92 Å². The molecule has 0 aromatic carbocycles. The number of nitrogens with zero attached hydrogens (tertiary/aromatic N) is 1. The molecule has 84 valence electrons. The predicted molar refractivity (Wildman–Crippen MR) is 67.3 cm³/mol. The lowest BCUT2D eigenvalue weighted by Gasteiger charge is -2.13. The molecule has 0 saturated heterocycles. The van der Waals surface area contributed by atoms with Crippen LogP contribution in [-0.4, -0.2) is 0 Å². The molecule has 0 saturated carbocycles. The Morgan fingerprint density at radius 3 is 2.94 bits per heavy atom. The number of rotatable bonds is 2. The van der Waals surface area contributed by atoms with E-state index in [1.807, 2.05) is 19.1 Å². The summed E-state index contributed by atoms with van der Waals surface area (Å²) < 4.78 is 0. The molecule has 0 heterocycles. The number of hydrogen-bond acceptors (Lipinski definition) is 2. The highest BCUT2D eigenvalue weighted by Crippen LogP contribution is 2.23. The summed E-state index contributed by atoms with van der Waals surface area (Å²) in [4.78, 5) is 0. The van der Waals surface area contributed by atoms with E-state index in [4.69, 9.17) is 5.73 Å². The molecule has 2 N–H and O–H groups in total. The Labute approximate surface area is 97.5 Å². The van der Waals surface area contributed by atoms with Crippen LogP contribution in [0.15, 0.2) is 47.2 Å². The quantitative estimate of drug-likeness (QED) is 0.717. The smallest absolute Gasteiger partial charge is 0.0959 e. The van der Waals surface area contributed by atoms with Gasteiger partial charge in [0.05, 0.1) is 6.07 Å². The van der Waals surface area contributed by atoms with Crippen molar-refractivity contribution >= 4 is 0 Å². The van der Waals surface area contributed by atoms with Crippen LogP contribution in [0.5, 0.6) is 0 Å². The maximum atomic E-state index is 9.25. The summed E-state index contributed by atoms with van der Waals surface area (Å²) in [5.41, 5.74) is 8.36. The molecule has 0 fully saturated rings. The molecule has 0 spiro atoms. The molecule has 16 heavy (non-hydrogen) atoms. The zero-order chi connectivity index (χ0) is 12.0. The first kappa shape index (κ1) is 12.3. The van der Waals surface area contributed by atoms with Gasteiger partial charge in [0.2, 0.25) is 0 Å². The van der Waals surface area contributed by atoms with Crippen molar-refractivity contribution in [1.82, 2.24) is 0 Å². The van der Waals surface area contributed by atoms with Crippen LogP contribution >= 0.6 is 0 Å². The Hall–Kier alpha value is -1.75. The lowest BCUT2D eigenvalue weighted by atomic mass is 9.90. The molecule has 0 aromatic heterocycles. The average molecular weight is 214 g/mol. The van der Waals surface area contributed by atoms with Crippen LogP contribution < -0.4 is 5.73 Å². The molecule has 0 aliphatic heterocycles. The molecule has 0 unspecified atom stereocenters. The van der Waals surface area contributed by atoms with Crippen molar-refractivity contribution in [3.8, 4) is 6.07 Å². The topological polar surface area (TPSA) is 49.8 Å². The van der Waals surface area contributed by atoms with Gasteiger partial charge in [-0.15, -0.1) is 0 Å². The van der Waals surface area contributed by atoms with Crippen molar-refractivity contribution in [2.24, 2.45) is 11.7 Å². The van der Waals surface area contributed by atoms with Gasteiger partial charge >= 0.3 is 0 Å². The lowest BCUT2D eigenvalue weighted by molar-refractivity contribution is 0.936. The molecule has 2 heteroatoms. The normalized spacial score (nSPS) is 30.1. The first-order valence-electron chi connectivity index (χ1n) is 5.59. The van der Waals surface area contributed by atoms with Crippen LogP contribution in [0.3, 0.4) is 0 Å². The predicted octanol–water partition coefficient (Wildman–Crippen LogP) is 3.21. The summed E-state index contributed by atoms with van der Waals surface area (Å²) in [6, 6.07) is 2.31. The van der Waals surface area contributed by atoms with Crippen molar-refractivity contribution in [3.63, 3.8) is 0 Å². The van der Waals surface area contributed by atoms with E-state index < -0.39 is 0 Å². The second-order valence-electron chi connectivity index (χ2n) is 3.91. The summed E-state index contributed by atoms with van der Waals surface area (Å²) in [5, 5.41) is 9.25. The molecule has 0 amide bonds. The van der Waals surface area contributed by atoms with E-state index in [0.29, 0.717) is 0 Å². The van der Waals surface area contributed by atoms with Gasteiger partial charge in [0.15, 0.2) is 0 Å². The van der Waals surface area contributed by atoms with Gasteiger partial charge in [-0.1, -0.05) is 37.3 Å². The van der Waals surface area contributed by atoms with E-state index in [9.17, 15) is 5.26 Å². The lowest BCUT2D eigenvalue weighted by Crippen LogP contribution is -2.04. The first-order chi connectivity index (χ1) is 7.69. The molecule has 2 nitrogen and oxygen atoms in total. The standard InChI is InChI=1S/C14H18N2/c1-3-12-7-5-4-6-8-13(9-11(2)16)14(12)10-15/h5-9,13H,3-4,16H2,1-2H3/b7-5-,8-6+,11-9+,14-12-/t13-/m1/s1. The molecular formula is C14H18N2. The van der Waals surface area contributed by atoms with Gasteiger partial charge in [-0.2, -0.15) is 5.26 Å². The number of hydrogen-bond donors (Lipinski definition) is 1. The summed E-state index contributed by atoms with van der Waals surface area (Å²) in [6.07, 6.45) is 12.0. The molecule has 0 bridgehead atoms. The molecule has 1 rings (SSSR count). The second kappa shape index (κ2) is 5.97. The van der Waals surface area contributed by atoms with Crippen LogP contribution in [0.25, 0.3) is 0 Å². The highest BCUT2D eigenvalue weighted by molar-refractivity contribution is 5.42. The van der Waals surface area contributed by atoms with Gasteiger partial charge in [0, 0.05) is 17.2 Å². The molecule has 0 aromatic rings. The average Bonchev–Trinajstić information content (AvgIpc) is 2.22. The third-order valence-corrected chi connectivity index (χ3v) is 2.56. The third-order valence-electron chi connectivity index (χ3n) is 2.56. The third kappa shape index (κ3) is 3.13. The summed E-state index contributed by atoms with van der Waals surface area (Å²) in [5.74, 6) is 0.0231. The van der Waals surface area contributed by atoms with Gasteiger partial charge in [-0.05, 0) is 25.3 Å². The van der Waals surface area contributed by atoms with Crippen LogP contribution in [0.4, 0.5) is 0 Å². The van der Waals surface area contributed by atoms with E-state index in [1.165, 1.54) is 0 Å². The zero-order valence-corrected chi connectivity index (χ0v) is 9.90. The van der Waals surface area contributed by atoms with Crippen molar-refractivity contribution in [3.05, 3.63) is 47.2 Å². The summed E-state index contributed by atoms with van der Waals surface area (Å²) >= 11 is 0. The Morgan fingerprint density at radius 2 is 2.38 bits per heavy atom. The maximum Gasteiger partial charge on any atom is 0.0959 e. The van der Waals surface area contributed by atoms with Gasteiger partial charge in [-0.3, -0.25) is 0 Å². The molecule has 1 atom stereocenters. The van der Waals surface area contributed by atoms with Crippen molar-refractivity contribution in [2.75, 3.05) is 0 Å². The Bertz CT molecular complexity index is 399. The Balaban J connectivity index is 3.22. The van der Waals surface area contributed by atoms with Crippen LogP contribution in [0.2, 0.25) is 0 Å². The van der Waals surface area contributed by atoms with E-state index in [0.717, 1.165) is 29.7 Å². The maximum absolute atomic E-state index is 9.25. The zero-order valence-electron chi connectivity index (χ0n) is 9.90.